The normalized spacial score (nSPS) is 15.8. The number of esters is 1. The lowest BCUT2D eigenvalue weighted by Crippen LogP contribution is -2.27. The topological polar surface area (TPSA) is 55.8 Å². The molecule has 1 atom stereocenters. The second-order valence-electron chi connectivity index (χ2n) is 7.14. The van der Waals surface area contributed by atoms with Crippen molar-refractivity contribution in [1.29, 1.82) is 0 Å². The summed E-state index contributed by atoms with van der Waals surface area (Å²) in [5.74, 6) is 0.275. The van der Waals surface area contributed by atoms with E-state index in [1.807, 2.05) is 73.7 Å². The Hall–Kier alpha value is -3.60. The summed E-state index contributed by atoms with van der Waals surface area (Å²) in [5, 5.41) is 0. The zero-order valence-corrected chi connectivity index (χ0v) is 16.8. The third-order valence-corrected chi connectivity index (χ3v) is 5.10. The monoisotopic (exact) mass is 401 g/mol. The summed E-state index contributed by atoms with van der Waals surface area (Å²) in [4.78, 5) is 26.7. The van der Waals surface area contributed by atoms with Crippen LogP contribution in [0.3, 0.4) is 0 Å². The zero-order valence-electron chi connectivity index (χ0n) is 16.8. The first-order valence-corrected chi connectivity index (χ1v) is 10.0. The van der Waals surface area contributed by atoms with Crippen LogP contribution >= 0.6 is 0 Å². The average molecular weight is 401 g/mol. The molecule has 1 aliphatic rings. The van der Waals surface area contributed by atoms with Crippen molar-refractivity contribution in [3.8, 4) is 22.6 Å². The maximum Gasteiger partial charge on any atom is 0.316 e. The van der Waals surface area contributed by atoms with Gasteiger partial charge in [0.2, 0.25) is 5.91 Å². The van der Waals surface area contributed by atoms with Gasteiger partial charge in [0, 0.05) is 18.7 Å². The van der Waals surface area contributed by atoms with Crippen LogP contribution in [0, 0.1) is 5.92 Å². The quantitative estimate of drug-likeness (QED) is 0.443. The molecule has 0 radical (unpaired) electrons. The lowest BCUT2D eigenvalue weighted by molar-refractivity contribution is -0.139. The maximum atomic E-state index is 12.6. The molecule has 0 unspecified atom stereocenters. The molecule has 1 heterocycles. The predicted octanol–water partition coefficient (Wildman–Crippen LogP) is 4.71. The minimum atomic E-state index is -0.488. The number of carbonyl (C=O) groups is 2. The molecule has 3 aromatic rings. The summed E-state index contributed by atoms with van der Waals surface area (Å²) < 4.78 is 11.0. The summed E-state index contributed by atoms with van der Waals surface area (Å²) in [6.45, 7) is 2.82. The van der Waals surface area contributed by atoms with Crippen LogP contribution in [0.25, 0.3) is 11.1 Å². The number of nitrogens with zero attached hydrogens (tertiary/aromatic N) is 1. The second-order valence-corrected chi connectivity index (χ2v) is 7.14. The third kappa shape index (κ3) is 4.35. The Bertz CT molecular complexity index is 1010. The van der Waals surface area contributed by atoms with E-state index in [1.54, 1.807) is 17.0 Å². The van der Waals surface area contributed by atoms with Crippen LogP contribution in [0.4, 0.5) is 5.69 Å². The number of amides is 1. The molecule has 1 aliphatic heterocycles. The molecule has 3 aromatic carbocycles. The Balaban J connectivity index is 1.39. The van der Waals surface area contributed by atoms with Crippen LogP contribution in [-0.4, -0.2) is 25.0 Å². The van der Waals surface area contributed by atoms with E-state index in [4.69, 9.17) is 9.47 Å². The SMILES string of the molecule is CCOc1ccc(N2C[C@@H](C(=O)Oc3ccc(-c4ccccc4)cc3)CC2=O)cc1. The first-order chi connectivity index (χ1) is 14.6. The van der Waals surface area contributed by atoms with Gasteiger partial charge in [-0.2, -0.15) is 0 Å². The van der Waals surface area contributed by atoms with E-state index in [1.165, 1.54) is 0 Å². The van der Waals surface area contributed by atoms with E-state index in [0.29, 0.717) is 18.9 Å². The Morgan fingerprint density at radius 1 is 0.900 bits per heavy atom. The van der Waals surface area contributed by atoms with Crippen molar-refractivity contribution in [2.75, 3.05) is 18.1 Å². The van der Waals surface area contributed by atoms with Gasteiger partial charge >= 0.3 is 5.97 Å². The number of hydrogen-bond donors (Lipinski definition) is 0. The number of ether oxygens (including phenoxy) is 2. The average Bonchev–Trinajstić information content (AvgIpc) is 3.17. The van der Waals surface area contributed by atoms with Crippen LogP contribution in [0.2, 0.25) is 0 Å². The number of benzene rings is 3. The molecule has 1 amide bonds. The van der Waals surface area contributed by atoms with Crippen LogP contribution in [-0.2, 0) is 9.59 Å². The van der Waals surface area contributed by atoms with Gasteiger partial charge in [0.1, 0.15) is 11.5 Å². The summed E-state index contributed by atoms with van der Waals surface area (Å²) in [5.41, 5.74) is 2.90. The van der Waals surface area contributed by atoms with Gasteiger partial charge in [-0.25, -0.2) is 0 Å². The molecule has 0 bridgehead atoms. The minimum absolute atomic E-state index is 0.0828. The molecule has 152 valence electrons. The number of rotatable bonds is 6. The Morgan fingerprint density at radius 3 is 2.20 bits per heavy atom. The predicted molar refractivity (Wildman–Crippen MR) is 116 cm³/mol. The van der Waals surface area contributed by atoms with E-state index in [0.717, 1.165) is 22.6 Å². The van der Waals surface area contributed by atoms with E-state index in [-0.39, 0.29) is 18.3 Å². The molecule has 0 saturated carbocycles. The Labute approximate surface area is 175 Å². The van der Waals surface area contributed by atoms with Crippen LogP contribution in [0.15, 0.2) is 78.9 Å². The smallest absolute Gasteiger partial charge is 0.316 e. The summed E-state index contributed by atoms with van der Waals surface area (Å²) >= 11 is 0. The zero-order chi connectivity index (χ0) is 20.9. The first kappa shape index (κ1) is 19.7. The Kier molecular flexibility index (Phi) is 5.80. The molecule has 0 aliphatic carbocycles. The van der Waals surface area contributed by atoms with Gasteiger partial charge in [0.05, 0.1) is 12.5 Å². The summed E-state index contributed by atoms with van der Waals surface area (Å²) in [6, 6.07) is 24.7. The van der Waals surface area contributed by atoms with E-state index >= 15 is 0 Å². The largest absolute Gasteiger partial charge is 0.494 e. The van der Waals surface area contributed by atoms with Crippen LogP contribution in [0.5, 0.6) is 11.5 Å². The Morgan fingerprint density at radius 2 is 1.53 bits per heavy atom. The standard InChI is InChI=1S/C25H23NO4/c1-2-29-22-14-10-21(11-15-22)26-17-20(16-24(26)27)25(28)30-23-12-8-19(9-13-23)18-6-4-3-5-7-18/h3-15,20H,2,16-17H2,1H3/t20-/m0/s1. The van der Waals surface area contributed by atoms with Gasteiger partial charge in [-0.15, -0.1) is 0 Å². The van der Waals surface area contributed by atoms with Crippen molar-refractivity contribution in [3.63, 3.8) is 0 Å². The van der Waals surface area contributed by atoms with Gasteiger partial charge in [-0.3, -0.25) is 9.59 Å². The molecule has 5 nitrogen and oxygen atoms in total. The molecular weight excluding hydrogens is 378 g/mol. The third-order valence-electron chi connectivity index (χ3n) is 5.10. The van der Waals surface area contributed by atoms with Crippen molar-refractivity contribution >= 4 is 17.6 Å². The fraction of sp³-hybridized carbons (Fsp3) is 0.200. The molecule has 1 fully saturated rings. The highest BCUT2D eigenvalue weighted by Gasteiger charge is 2.36. The molecule has 4 rings (SSSR count). The highest BCUT2D eigenvalue weighted by Crippen LogP contribution is 2.28. The van der Waals surface area contributed by atoms with E-state index < -0.39 is 5.92 Å². The van der Waals surface area contributed by atoms with Gasteiger partial charge in [-0.05, 0) is 54.4 Å². The molecule has 5 heteroatoms. The maximum absolute atomic E-state index is 12.6. The highest BCUT2D eigenvalue weighted by molar-refractivity contribution is 5.99. The van der Waals surface area contributed by atoms with Crippen molar-refractivity contribution in [2.24, 2.45) is 5.92 Å². The first-order valence-electron chi connectivity index (χ1n) is 10.0. The minimum Gasteiger partial charge on any atom is -0.494 e. The van der Waals surface area contributed by atoms with Gasteiger partial charge in [-0.1, -0.05) is 42.5 Å². The number of anilines is 1. The molecule has 0 N–H and O–H groups in total. The van der Waals surface area contributed by atoms with E-state index in [9.17, 15) is 9.59 Å². The van der Waals surface area contributed by atoms with Crippen LogP contribution < -0.4 is 14.4 Å². The molecular formula is C25H23NO4. The van der Waals surface area contributed by atoms with Crippen molar-refractivity contribution < 1.29 is 19.1 Å². The highest BCUT2D eigenvalue weighted by atomic mass is 16.5. The van der Waals surface area contributed by atoms with Crippen molar-refractivity contribution in [3.05, 3.63) is 78.9 Å². The lowest BCUT2D eigenvalue weighted by atomic mass is 10.1. The van der Waals surface area contributed by atoms with Crippen molar-refractivity contribution in [2.45, 2.75) is 13.3 Å². The molecule has 0 aromatic heterocycles. The number of carbonyl (C=O) groups excluding carboxylic acids is 2. The number of hydrogen-bond acceptors (Lipinski definition) is 4. The molecule has 0 spiro atoms. The van der Waals surface area contributed by atoms with Gasteiger partial charge < -0.3 is 14.4 Å². The summed E-state index contributed by atoms with van der Waals surface area (Å²) in [6.07, 6.45) is 0.147. The fourth-order valence-corrected chi connectivity index (χ4v) is 3.55. The van der Waals surface area contributed by atoms with E-state index in [2.05, 4.69) is 0 Å². The molecule has 30 heavy (non-hydrogen) atoms. The second kappa shape index (κ2) is 8.82. The lowest BCUT2D eigenvalue weighted by Gasteiger charge is -2.17. The van der Waals surface area contributed by atoms with Crippen molar-refractivity contribution in [1.82, 2.24) is 0 Å². The van der Waals surface area contributed by atoms with Gasteiger partial charge in [0.15, 0.2) is 0 Å². The molecule has 1 saturated heterocycles. The summed E-state index contributed by atoms with van der Waals surface area (Å²) in [7, 11) is 0. The fourth-order valence-electron chi connectivity index (χ4n) is 3.55. The van der Waals surface area contributed by atoms with Gasteiger partial charge in [0.25, 0.3) is 0 Å². The van der Waals surface area contributed by atoms with Crippen LogP contribution in [0.1, 0.15) is 13.3 Å².